The largest absolute Gasteiger partial charge is 0.293 e. The number of rotatable bonds is 6. The Hall–Kier alpha value is -2.40. The minimum atomic E-state index is -3.58. The Labute approximate surface area is 189 Å². The van der Waals surface area contributed by atoms with E-state index in [0.29, 0.717) is 22.4 Å². The Kier molecular flexibility index (Phi) is 6.33. The molecule has 0 spiro atoms. The molecule has 0 saturated heterocycles. The lowest BCUT2D eigenvalue weighted by Gasteiger charge is -2.33. The van der Waals surface area contributed by atoms with Crippen LogP contribution in [0.15, 0.2) is 53.7 Å². The third-order valence-electron chi connectivity index (χ3n) is 4.92. The third kappa shape index (κ3) is 5.27. The van der Waals surface area contributed by atoms with Crippen molar-refractivity contribution in [3.05, 3.63) is 70.2 Å². The zero-order chi connectivity index (χ0) is 22.0. The van der Waals surface area contributed by atoms with Crippen LogP contribution in [-0.2, 0) is 33.5 Å². The van der Waals surface area contributed by atoms with Crippen LogP contribution in [0, 0.1) is 0 Å². The van der Waals surface area contributed by atoms with Crippen molar-refractivity contribution in [2.45, 2.75) is 29.9 Å². The van der Waals surface area contributed by atoms with Crippen molar-refractivity contribution >= 4 is 45.2 Å². The Balaban J connectivity index is 1.44. The van der Waals surface area contributed by atoms with Gasteiger partial charge in [0.1, 0.15) is 6.04 Å². The van der Waals surface area contributed by atoms with E-state index in [0.717, 1.165) is 22.9 Å². The summed E-state index contributed by atoms with van der Waals surface area (Å²) in [6, 6.07) is 14.1. The van der Waals surface area contributed by atoms with Crippen LogP contribution in [0.25, 0.3) is 0 Å². The molecule has 2 aromatic carbocycles. The zero-order valence-electron chi connectivity index (χ0n) is 16.6. The fraction of sp³-hybridized carbons (Fsp3) is 0.250. The molecular formula is C20H20ClN5O3S2. The van der Waals surface area contributed by atoms with Crippen LogP contribution in [0.2, 0.25) is 5.02 Å². The lowest BCUT2D eigenvalue weighted by molar-refractivity contribution is -0.120. The maximum Gasteiger partial charge on any atom is 0.245 e. The van der Waals surface area contributed by atoms with E-state index in [-0.39, 0.29) is 12.5 Å². The molecule has 11 heteroatoms. The van der Waals surface area contributed by atoms with Gasteiger partial charge in [0.05, 0.1) is 6.26 Å². The van der Waals surface area contributed by atoms with Gasteiger partial charge < -0.3 is 0 Å². The van der Waals surface area contributed by atoms with Gasteiger partial charge in [0, 0.05) is 17.3 Å². The second kappa shape index (κ2) is 8.99. The molecule has 1 amide bonds. The molecular weight excluding hydrogens is 458 g/mol. The van der Waals surface area contributed by atoms with Gasteiger partial charge in [0.15, 0.2) is 0 Å². The van der Waals surface area contributed by atoms with Gasteiger partial charge in [0.2, 0.25) is 27.0 Å². The molecule has 4 rings (SSSR count). The SMILES string of the molecule is CS(=O)(=O)N1Cc2ccccc2C[C@@H]1C(=O)Nc1nc(SCc2ccc(Cl)cc2)n[nH]1. The minimum Gasteiger partial charge on any atom is -0.293 e. The molecule has 0 radical (unpaired) electrons. The number of aromatic amines is 1. The highest BCUT2D eigenvalue weighted by Gasteiger charge is 2.37. The number of carbonyl (C=O) groups is 1. The van der Waals surface area contributed by atoms with Gasteiger partial charge >= 0.3 is 0 Å². The second-order valence-corrected chi connectivity index (χ2v) is 10.5. The molecule has 31 heavy (non-hydrogen) atoms. The number of hydrogen-bond acceptors (Lipinski definition) is 6. The molecule has 0 saturated carbocycles. The van der Waals surface area contributed by atoms with Gasteiger partial charge in [-0.2, -0.15) is 9.29 Å². The third-order valence-corrected chi connectivity index (χ3v) is 7.33. The van der Waals surface area contributed by atoms with Crippen molar-refractivity contribution in [3.63, 3.8) is 0 Å². The summed E-state index contributed by atoms with van der Waals surface area (Å²) < 4.78 is 25.8. The highest BCUT2D eigenvalue weighted by Crippen LogP contribution is 2.26. The Morgan fingerprint density at radius 2 is 1.94 bits per heavy atom. The predicted molar refractivity (Wildman–Crippen MR) is 120 cm³/mol. The lowest BCUT2D eigenvalue weighted by atomic mass is 9.95. The van der Waals surface area contributed by atoms with Crippen molar-refractivity contribution in [2.24, 2.45) is 0 Å². The summed E-state index contributed by atoms with van der Waals surface area (Å²) >= 11 is 7.30. The predicted octanol–water partition coefficient (Wildman–Crippen LogP) is 3.08. The number of carbonyl (C=O) groups excluding carboxylic acids is 1. The van der Waals surface area contributed by atoms with Crippen molar-refractivity contribution < 1.29 is 13.2 Å². The number of anilines is 1. The Morgan fingerprint density at radius 1 is 1.23 bits per heavy atom. The number of amides is 1. The summed E-state index contributed by atoms with van der Waals surface area (Å²) in [7, 11) is -3.58. The molecule has 1 aliphatic heterocycles. The Morgan fingerprint density at radius 3 is 2.65 bits per heavy atom. The highest BCUT2D eigenvalue weighted by molar-refractivity contribution is 7.98. The number of nitrogens with one attached hydrogen (secondary N) is 2. The molecule has 0 fully saturated rings. The van der Waals surface area contributed by atoms with E-state index in [9.17, 15) is 13.2 Å². The average molecular weight is 478 g/mol. The van der Waals surface area contributed by atoms with Gasteiger partial charge in [-0.05, 0) is 35.2 Å². The number of benzene rings is 2. The molecule has 1 atom stereocenters. The van der Waals surface area contributed by atoms with E-state index in [1.807, 2.05) is 48.5 Å². The van der Waals surface area contributed by atoms with Crippen molar-refractivity contribution in [3.8, 4) is 0 Å². The Bertz CT molecular complexity index is 1200. The lowest BCUT2D eigenvalue weighted by Crippen LogP contribution is -2.50. The summed E-state index contributed by atoms with van der Waals surface area (Å²) in [5, 5.41) is 10.6. The molecule has 8 nitrogen and oxygen atoms in total. The minimum absolute atomic E-state index is 0.158. The van der Waals surface area contributed by atoms with E-state index in [1.54, 1.807) is 0 Å². The maximum absolute atomic E-state index is 12.9. The monoisotopic (exact) mass is 477 g/mol. The second-order valence-electron chi connectivity index (χ2n) is 7.17. The van der Waals surface area contributed by atoms with Crippen molar-refractivity contribution in [1.82, 2.24) is 19.5 Å². The standard InChI is InChI=1S/C20H20ClN5O3S2/c1-31(28,29)26-11-15-5-3-2-4-14(15)10-17(26)18(27)22-19-23-20(25-24-19)30-12-13-6-8-16(21)9-7-13/h2-9,17H,10-12H2,1H3,(H2,22,23,24,25,27)/t17-/m1/s1. The summed E-state index contributed by atoms with van der Waals surface area (Å²) in [4.78, 5) is 17.2. The first-order valence-corrected chi connectivity index (χ1v) is 12.6. The fourth-order valence-electron chi connectivity index (χ4n) is 3.37. The number of sulfonamides is 1. The number of fused-ring (bicyclic) bond motifs is 1. The molecule has 2 N–H and O–H groups in total. The normalized spacial score (nSPS) is 16.6. The summed E-state index contributed by atoms with van der Waals surface area (Å²) in [6.07, 6.45) is 1.41. The first-order chi connectivity index (χ1) is 14.8. The summed E-state index contributed by atoms with van der Waals surface area (Å²) in [5.74, 6) is 0.366. The van der Waals surface area contributed by atoms with Crippen molar-refractivity contribution in [1.29, 1.82) is 0 Å². The summed E-state index contributed by atoms with van der Waals surface area (Å²) in [6.45, 7) is 0.158. The van der Waals surface area contributed by atoms with Gasteiger partial charge in [-0.3, -0.25) is 10.1 Å². The molecule has 3 aromatic rings. The summed E-state index contributed by atoms with van der Waals surface area (Å²) in [5.41, 5.74) is 2.92. The molecule has 162 valence electrons. The number of aromatic nitrogens is 3. The van der Waals surface area contributed by atoms with Crippen LogP contribution in [0.5, 0.6) is 0 Å². The van der Waals surface area contributed by atoms with Crippen LogP contribution >= 0.6 is 23.4 Å². The van der Waals surface area contributed by atoms with Gasteiger partial charge in [-0.15, -0.1) is 5.10 Å². The van der Waals surface area contributed by atoms with Crippen LogP contribution in [0.3, 0.4) is 0 Å². The van der Waals surface area contributed by atoms with E-state index < -0.39 is 22.0 Å². The van der Waals surface area contributed by atoms with Crippen molar-refractivity contribution in [2.75, 3.05) is 11.6 Å². The quantitative estimate of drug-likeness (QED) is 0.528. The number of halogens is 1. The number of thioether (sulfide) groups is 1. The van der Waals surface area contributed by atoms with E-state index >= 15 is 0 Å². The van der Waals surface area contributed by atoms with Gasteiger partial charge in [-0.25, -0.2) is 13.5 Å². The zero-order valence-corrected chi connectivity index (χ0v) is 19.0. The first-order valence-electron chi connectivity index (χ1n) is 9.44. The molecule has 2 heterocycles. The number of hydrogen-bond donors (Lipinski definition) is 2. The van der Waals surface area contributed by atoms with E-state index in [2.05, 4.69) is 20.5 Å². The molecule has 0 bridgehead atoms. The fourth-order valence-corrected chi connectivity index (χ4v) is 5.25. The number of nitrogens with zero attached hydrogens (tertiary/aromatic N) is 3. The van der Waals surface area contributed by atoms with Crippen LogP contribution in [-0.4, -0.2) is 46.1 Å². The van der Waals surface area contributed by atoms with Crippen LogP contribution in [0.1, 0.15) is 16.7 Å². The van der Waals surface area contributed by atoms with E-state index in [1.165, 1.54) is 16.1 Å². The molecule has 1 aliphatic rings. The number of H-pyrrole nitrogens is 1. The molecule has 0 aliphatic carbocycles. The van der Waals surface area contributed by atoms with Gasteiger partial charge in [0.25, 0.3) is 0 Å². The highest BCUT2D eigenvalue weighted by atomic mass is 35.5. The molecule has 0 unspecified atom stereocenters. The van der Waals surface area contributed by atoms with Crippen LogP contribution in [0.4, 0.5) is 5.95 Å². The first kappa shape index (κ1) is 21.8. The molecule has 1 aromatic heterocycles. The van der Waals surface area contributed by atoms with E-state index in [4.69, 9.17) is 11.6 Å². The van der Waals surface area contributed by atoms with Crippen LogP contribution < -0.4 is 5.32 Å². The topological polar surface area (TPSA) is 108 Å². The van der Waals surface area contributed by atoms with Gasteiger partial charge in [-0.1, -0.05) is 59.8 Å². The smallest absolute Gasteiger partial charge is 0.245 e. The average Bonchev–Trinajstić information content (AvgIpc) is 3.19. The maximum atomic E-state index is 12.9.